The maximum atomic E-state index is 5.94. The lowest BCUT2D eigenvalue weighted by Gasteiger charge is -2.15. The van der Waals surface area contributed by atoms with E-state index in [4.69, 9.17) is 11.6 Å². The van der Waals surface area contributed by atoms with Crippen LogP contribution in [0.5, 0.6) is 0 Å². The molecule has 0 aliphatic carbocycles. The van der Waals surface area contributed by atoms with Crippen LogP contribution in [0.15, 0.2) is 17.1 Å². The van der Waals surface area contributed by atoms with Crippen molar-refractivity contribution in [2.75, 3.05) is 6.54 Å². The molecule has 2 atom stereocenters. The third kappa shape index (κ3) is 3.39. The van der Waals surface area contributed by atoms with Crippen LogP contribution in [0.1, 0.15) is 31.7 Å². The Morgan fingerprint density at radius 1 is 1.41 bits per heavy atom. The molecule has 17 heavy (non-hydrogen) atoms. The highest BCUT2D eigenvalue weighted by Gasteiger charge is 2.23. The quantitative estimate of drug-likeness (QED) is 0.902. The van der Waals surface area contributed by atoms with Gasteiger partial charge >= 0.3 is 0 Å². The summed E-state index contributed by atoms with van der Waals surface area (Å²) in [6.07, 6.45) is 0. The number of rotatable bonds is 3. The predicted molar refractivity (Wildman–Crippen MR) is 79.4 cm³/mol. The monoisotopic (exact) mass is 288 g/mol. The Morgan fingerprint density at radius 3 is 2.71 bits per heavy atom. The largest absolute Gasteiger partial charge is 0.358 e. The molecule has 0 amide bonds. The summed E-state index contributed by atoms with van der Waals surface area (Å²) < 4.78 is 0.842. The fourth-order valence-corrected chi connectivity index (χ4v) is 3.80. The molecule has 1 N–H and O–H groups in total. The standard InChI is InChI=1S/C12H17ClN2S2/c1-7(2)10-6-14-12(17-10)15-8(3)9-4-5-11(13)16-9/h4-5,7-8,10H,6H2,1-3H3,(H,14,15). The van der Waals surface area contributed by atoms with Crippen LogP contribution in [0.25, 0.3) is 0 Å². The van der Waals surface area contributed by atoms with Crippen molar-refractivity contribution in [1.82, 2.24) is 5.32 Å². The van der Waals surface area contributed by atoms with Crippen molar-refractivity contribution in [3.63, 3.8) is 0 Å². The minimum atomic E-state index is 0.282. The molecule has 1 aliphatic rings. The number of halogens is 1. The molecule has 0 saturated carbocycles. The molecule has 1 aromatic rings. The summed E-state index contributed by atoms with van der Waals surface area (Å²) in [5.74, 6) is 0.675. The first-order valence-electron chi connectivity index (χ1n) is 5.79. The highest BCUT2D eigenvalue weighted by molar-refractivity contribution is 8.14. The summed E-state index contributed by atoms with van der Waals surface area (Å²) in [6, 6.07) is 4.30. The third-order valence-corrected chi connectivity index (χ3v) is 5.66. The Bertz CT molecular complexity index is 414. The summed E-state index contributed by atoms with van der Waals surface area (Å²) in [7, 11) is 0. The molecule has 0 bridgehead atoms. The first kappa shape index (κ1) is 13.2. The summed E-state index contributed by atoms with van der Waals surface area (Å²) in [5.41, 5.74) is 0. The number of thioether (sulfide) groups is 1. The highest BCUT2D eigenvalue weighted by atomic mass is 35.5. The second-order valence-corrected chi connectivity index (χ2v) is 7.53. The molecule has 94 valence electrons. The number of hydrogen-bond acceptors (Lipinski definition) is 4. The van der Waals surface area contributed by atoms with Crippen LogP contribution < -0.4 is 5.32 Å². The van der Waals surface area contributed by atoms with Gasteiger partial charge in [-0.1, -0.05) is 37.2 Å². The molecule has 0 fully saturated rings. The fourth-order valence-electron chi connectivity index (χ4n) is 1.63. The maximum absolute atomic E-state index is 5.94. The molecule has 1 aromatic heterocycles. The van der Waals surface area contributed by atoms with Gasteiger partial charge in [0.25, 0.3) is 0 Å². The van der Waals surface area contributed by atoms with Gasteiger partial charge in [-0.05, 0) is 25.0 Å². The topological polar surface area (TPSA) is 24.4 Å². The smallest absolute Gasteiger partial charge is 0.157 e. The van der Waals surface area contributed by atoms with Crippen LogP contribution in [0.2, 0.25) is 4.34 Å². The van der Waals surface area contributed by atoms with Gasteiger partial charge in [0.2, 0.25) is 0 Å². The minimum absolute atomic E-state index is 0.282. The molecule has 0 saturated heterocycles. The zero-order valence-corrected chi connectivity index (χ0v) is 12.6. The van der Waals surface area contributed by atoms with E-state index in [1.807, 2.05) is 17.8 Å². The number of nitrogens with zero attached hydrogens (tertiary/aromatic N) is 1. The Hall–Kier alpha value is -0.190. The minimum Gasteiger partial charge on any atom is -0.358 e. The van der Waals surface area contributed by atoms with E-state index in [9.17, 15) is 0 Å². The lowest BCUT2D eigenvalue weighted by Crippen LogP contribution is -2.23. The van der Waals surface area contributed by atoms with Crippen molar-refractivity contribution in [2.45, 2.75) is 32.1 Å². The van der Waals surface area contributed by atoms with Crippen molar-refractivity contribution in [3.05, 3.63) is 21.3 Å². The zero-order valence-electron chi connectivity index (χ0n) is 10.2. The predicted octanol–water partition coefficient (Wildman–Crippen LogP) is 4.18. The van der Waals surface area contributed by atoms with E-state index in [0.717, 1.165) is 16.0 Å². The third-order valence-electron chi connectivity index (χ3n) is 2.78. The Labute approximate surface area is 116 Å². The van der Waals surface area contributed by atoms with Crippen LogP contribution in [0.4, 0.5) is 0 Å². The van der Waals surface area contributed by atoms with E-state index in [-0.39, 0.29) is 6.04 Å². The van der Waals surface area contributed by atoms with Crippen molar-refractivity contribution in [3.8, 4) is 0 Å². The van der Waals surface area contributed by atoms with E-state index in [0.29, 0.717) is 11.2 Å². The van der Waals surface area contributed by atoms with Gasteiger partial charge in [-0.2, -0.15) is 0 Å². The van der Waals surface area contributed by atoms with Crippen LogP contribution in [0.3, 0.4) is 0 Å². The first-order valence-corrected chi connectivity index (χ1v) is 7.86. The summed E-state index contributed by atoms with van der Waals surface area (Å²) in [5, 5.41) is 5.15. The van der Waals surface area contributed by atoms with Crippen LogP contribution in [-0.2, 0) is 0 Å². The molecule has 0 radical (unpaired) electrons. The molecular weight excluding hydrogens is 272 g/mol. The molecule has 2 nitrogen and oxygen atoms in total. The number of nitrogens with one attached hydrogen (secondary N) is 1. The lowest BCUT2D eigenvalue weighted by molar-refractivity contribution is 0.621. The molecule has 2 unspecified atom stereocenters. The Balaban J connectivity index is 1.90. The van der Waals surface area contributed by atoms with E-state index < -0.39 is 0 Å². The van der Waals surface area contributed by atoms with E-state index in [1.165, 1.54) is 4.88 Å². The normalized spacial score (nSPS) is 21.7. The van der Waals surface area contributed by atoms with Crippen LogP contribution >= 0.6 is 34.7 Å². The molecule has 0 aromatic carbocycles. The van der Waals surface area contributed by atoms with Crippen LogP contribution in [-0.4, -0.2) is 17.0 Å². The molecule has 2 heterocycles. The molecule has 2 rings (SSSR count). The van der Waals surface area contributed by atoms with Crippen molar-refractivity contribution >= 4 is 39.9 Å². The zero-order chi connectivity index (χ0) is 12.4. The van der Waals surface area contributed by atoms with E-state index >= 15 is 0 Å². The van der Waals surface area contributed by atoms with Crippen molar-refractivity contribution in [1.29, 1.82) is 0 Å². The SMILES string of the molecule is CC(NC1=NCC(C(C)C)S1)c1ccc(Cl)s1. The second kappa shape index (κ2) is 5.63. The number of amidine groups is 1. The van der Waals surface area contributed by atoms with Gasteiger partial charge < -0.3 is 5.32 Å². The number of thiophene rings is 1. The lowest BCUT2D eigenvalue weighted by atomic mass is 10.1. The Morgan fingerprint density at radius 2 is 2.18 bits per heavy atom. The van der Waals surface area contributed by atoms with Crippen LogP contribution in [0, 0.1) is 5.92 Å². The van der Waals surface area contributed by atoms with E-state index in [1.54, 1.807) is 11.3 Å². The summed E-state index contributed by atoms with van der Waals surface area (Å²) in [6.45, 7) is 7.58. The van der Waals surface area contributed by atoms with E-state index in [2.05, 4.69) is 37.1 Å². The van der Waals surface area contributed by atoms with Gasteiger partial charge in [0.1, 0.15) is 0 Å². The average molecular weight is 289 g/mol. The maximum Gasteiger partial charge on any atom is 0.157 e. The summed E-state index contributed by atoms with van der Waals surface area (Å²) in [4.78, 5) is 5.81. The number of aliphatic imine (C=N–C) groups is 1. The summed E-state index contributed by atoms with van der Waals surface area (Å²) >= 11 is 9.43. The molecule has 0 spiro atoms. The first-order chi connectivity index (χ1) is 8.06. The molecular formula is C12H17ClN2S2. The second-order valence-electron chi connectivity index (χ2n) is 4.55. The molecule has 5 heteroatoms. The average Bonchev–Trinajstić information content (AvgIpc) is 2.86. The van der Waals surface area contributed by atoms with Gasteiger partial charge in [0.05, 0.1) is 16.9 Å². The van der Waals surface area contributed by atoms with Crippen molar-refractivity contribution in [2.24, 2.45) is 10.9 Å². The number of hydrogen-bond donors (Lipinski definition) is 1. The van der Waals surface area contributed by atoms with Gasteiger partial charge in [-0.15, -0.1) is 11.3 Å². The van der Waals surface area contributed by atoms with Gasteiger partial charge in [0, 0.05) is 10.1 Å². The fraction of sp³-hybridized carbons (Fsp3) is 0.583. The van der Waals surface area contributed by atoms with Crippen molar-refractivity contribution < 1.29 is 0 Å². The van der Waals surface area contributed by atoms with Gasteiger partial charge in [-0.3, -0.25) is 4.99 Å². The van der Waals surface area contributed by atoms with Gasteiger partial charge in [0.15, 0.2) is 5.17 Å². The Kier molecular flexibility index (Phi) is 4.39. The highest BCUT2D eigenvalue weighted by Crippen LogP contribution is 2.30. The van der Waals surface area contributed by atoms with Gasteiger partial charge in [-0.25, -0.2) is 0 Å². The molecule has 1 aliphatic heterocycles.